The van der Waals surface area contributed by atoms with E-state index in [9.17, 15) is 8.42 Å². The number of benzene rings is 1. The Hall–Kier alpha value is -0.100. The van der Waals surface area contributed by atoms with Gasteiger partial charge < -0.3 is 0 Å². The molecule has 0 amide bonds. The van der Waals surface area contributed by atoms with E-state index >= 15 is 0 Å². The van der Waals surface area contributed by atoms with Gasteiger partial charge in [0, 0.05) is 22.9 Å². The molecular weight excluding hydrogens is 350 g/mol. The molecule has 0 aromatic heterocycles. The van der Waals surface area contributed by atoms with E-state index in [0.717, 1.165) is 25.7 Å². The van der Waals surface area contributed by atoms with Crippen molar-refractivity contribution >= 4 is 37.6 Å². The molecule has 0 aliphatic heterocycles. The fourth-order valence-corrected chi connectivity index (χ4v) is 5.49. The molecule has 1 aromatic carbocycles. The van der Waals surface area contributed by atoms with Crippen molar-refractivity contribution in [1.29, 1.82) is 0 Å². The molecular formula is C13H17BrClNO2S. The van der Waals surface area contributed by atoms with Crippen LogP contribution < -0.4 is 0 Å². The molecule has 1 fully saturated rings. The van der Waals surface area contributed by atoms with E-state index in [2.05, 4.69) is 15.9 Å². The normalized spacial score (nSPS) is 17.2. The number of alkyl halides is 1. The highest BCUT2D eigenvalue weighted by Crippen LogP contribution is 2.31. The summed E-state index contributed by atoms with van der Waals surface area (Å²) in [4.78, 5) is 0.326. The zero-order valence-electron chi connectivity index (χ0n) is 10.6. The molecule has 0 bridgehead atoms. The Bertz CT molecular complexity index is 529. The summed E-state index contributed by atoms with van der Waals surface area (Å²) < 4.78 is 27.7. The Morgan fingerprint density at radius 2 is 1.89 bits per heavy atom. The highest BCUT2D eigenvalue weighted by atomic mass is 79.9. The van der Waals surface area contributed by atoms with E-state index in [1.807, 2.05) is 6.07 Å². The second kappa shape index (κ2) is 6.57. The maximum Gasteiger partial charge on any atom is 0.244 e. The lowest BCUT2D eigenvalue weighted by molar-refractivity contribution is 0.336. The van der Waals surface area contributed by atoms with Gasteiger partial charge in [0.05, 0.1) is 4.90 Å². The summed E-state index contributed by atoms with van der Waals surface area (Å²) in [5.74, 6) is 0.320. The third-order valence-corrected chi connectivity index (χ3v) is 6.59. The molecule has 0 saturated heterocycles. The fraction of sp³-hybridized carbons (Fsp3) is 0.538. The summed E-state index contributed by atoms with van der Waals surface area (Å²) >= 11 is 9.11. The van der Waals surface area contributed by atoms with Crippen molar-refractivity contribution in [3.8, 4) is 0 Å². The first-order chi connectivity index (χ1) is 9.07. The van der Waals surface area contributed by atoms with Crippen molar-refractivity contribution in [3.05, 3.63) is 28.7 Å². The average Bonchev–Trinajstić information content (AvgIpc) is 2.89. The molecule has 2 rings (SSSR count). The predicted molar refractivity (Wildman–Crippen MR) is 81.0 cm³/mol. The minimum Gasteiger partial charge on any atom is -0.207 e. The SMILES string of the molecule is O=S(=O)(c1ccccc1Br)N(CCCl)C1CCCC1. The maximum atomic E-state index is 12.8. The van der Waals surface area contributed by atoms with Gasteiger partial charge in [-0.25, -0.2) is 8.42 Å². The molecule has 0 N–H and O–H groups in total. The largest absolute Gasteiger partial charge is 0.244 e. The van der Waals surface area contributed by atoms with Crippen molar-refractivity contribution in [2.75, 3.05) is 12.4 Å². The molecule has 1 saturated carbocycles. The number of sulfonamides is 1. The van der Waals surface area contributed by atoms with E-state index < -0.39 is 10.0 Å². The van der Waals surface area contributed by atoms with Crippen molar-refractivity contribution in [1.82, 2.24) is 4.31 Å². The second-order valence-electron chi connectivity index (χ2n) is 4.67. The molecule has 0 atom stereocenters. The maximum absolute atomic E-state index is 12.8. The Morgan fingerprint density at radius 3 is 2.47 bits per heavy atom. The molecule has 1 aliphatic carbocycles. The first-order valence-corrected chi connectivity index (χ1v) is 9.16. The summed E-state index contributed by atoms with van der Waals surface area (Å²) in [6.07, 6.45) is 4.05. The van der Waals surface area contributed by atoms with Gasteiger partial charge in [-0.2, -0.15) is 4.31 Å². The van der Waals surface area contributed by atoms with E-state index in [0.29, 0.717) is 21.8 Å². The Morgan fingerprint density at radius 1 is 1.26 bits per heavy atom. The molecule has 1 aliphatic rings. The summed E-state index contributed by atoms with van der Waals surface area (Å²) in [7, 11) is -3.48. The van der Waals surface area contributed by atoms with Crippen LogP contribution in [-0.2, 0) is 10.0 Å². The van der Waals surface area contributed by atoms with Crippen LogP contribution in [0.5, 0.6) is 0 Å². The van der Waals surface area contributed by atoms with Crippen LogP contribution in [0.4, 0.5) is 0 Å². The summed E-state index contributed by atoms with van der Waals surface area (Å²) in [5.41, 5.74) is 0. The summed E-state index contributed by atoms with van der Waals surface area (Å²) in [6.45, 7) is 0.371. The van der Waals surface area contributed by atoms with Crippen LogP contribution in [0.1, 0.15) is 25.7 Å². The highest BCUT2D eigenvalue weighted by molar-refractivity contribution is 9.10. The van der Waals surface area contributed by atoms with Crippen LogP contribution in [0.2, 0.25) is 0 Å². The predicted octanol–water partition coefficient (Wildman–Crippen LogP) is 3.62. The second-order valence-corrected chi connectivity index (χ2v) is 7.76. The minimum atomic E-state index is -3.48. The van der Waals surface area contributed by atoms with Gasteiger partial charge in [-0.05, 0) is 40.9 Å². The van der Waals surface area contributed by atoms with E-state index in [1.165, 1.54) is 0 Å². The zero-order valence-corrected chi connectivity index (χ0v) is 13.7. The topological polar surface area (TPSA) is 37.4 Å². The zero-order chi connectivity index (χ0) is 13.9. The summed E-state index contributed by atoms with van der Waals surface area (Å²) in [5, 5.41) is 0. The third kappa shape index (κ3) is 3.32. The van der Waals surface area contributed by atoms with E-state index in [-0.39, 0.29) is 6.04 Å². The van der Waals surface area contributed by atoms with Crippen LogP contribution in [0, 0.1) is 0 Å². The van der Waals surface area contributed by atoms with Gasteiger partial charge in [0.1, 0.15) is 0 Å². The summed E-state index contributed by atoms with van der Waals surface area (Å²) in [6, 6.07) is 7.03. The van der Waals surface area contributed by atoms with Gasteiger partial charge in [0.25, 0.3) is 0 Å². The molecule has 6 heteroatoms. The molecule has 19 heavy (non-hydrogen) atoms. The van der Waals surface area contributed by atoms with E-state index in [1.54, 1.807) is 22.5 Å². The van der Waals surface area contributed by atoms with Crippen LogP contribution in [0.25, 0.3) is 0 Å². The molecule has 0 radical (unpaired) electrons. The van der Waals surface area contributed by atoms with Crippen LogP contribution in [0.15, 0.2) is 33.6 Å². The van der Waals surface area contributed by atoms with Crippen molar-refractivity contribution in [2.45, 2.75) is 36.6 Å². The number of hydrogen-bond acceptors (Lipinski definition) is 2. The number of nitrogens with zero attached hydrogens (tertiary/aromatic N) is 1. The van der Waals surface area contributed by atoms with Gasteiger partial charge in [-0.15, -0.1) is 11.6 Å². The lowest BCUT2D eigenvalue weighted by atomic mass is 10.2. The average molecular weight is 367 g/mol. The number of rotatable bonds is 5. The first-order valence-electron chi connectivity index (χ1n) is 6.39. The van der Waals surface area contributed by atoms with Crippen molar-refractivity contribution in [3.63, 3.8) is 0 Å². The fourth-order valence-electron chi connectivity index (χ4n) is 2.55. The first kappa shape index (κ1) is 15.3. The van der Waals surface area contributed by atoms with Crippen LogP contribution >= 0.6 is 27.5 Å². The van der Waals surface area contributed by atoms with Crippen molar-refractivity contribution < 1.29 is 8.42 Å². The lowest BCUT2D eigenvalue weighted by Crippen LogP contribution is -2.40. The van der Waals surface area contributed by atoms with Gasteiger partial charge in [-0.1, -0.05) is 25.0 Å². The minimum absolute atomic E-state index is 0.0934. The number of halogens is 2. The smallest absolute Gasteiger partial charge is 0.207 e. The monoisotopic (exact) mass is 365 g/mol. The van der Waals surface area contributed by atoms with Crippen molar-refractivity contribution in [2.24, 2.45) is 0 Å². The van der Waals surface area contributed by atoms with Crippen LogP contribution in [0.3, 0.4) is 0 Å². The lowest BCUT2D eigenvalue weighted by Gasteiger charge is -2.27. The Labute approximate surface area is 128 Å². The molecule has 106 valence electrons. The number of hydrogen-bond donors (Lipinski definition) is 0. The standard InChI is InChI=1S/C13H17BrClNO2S/c14-12-7-3-4-8-13(12)19(17,18)16(10-9-15)11-5-1-2-6-11/h3-4,7-8,11H,1-2,5-6,9-10H2. The molecule has 3 nitrogen and oxygen atoms in total. The van der Waals surface area contributed by atoms with Gasteiger partial charge in [0.15, 0.2) is 0 Å². The van der Waals surface area contributed by atoms with Crippen LogP contribution in [-0.4, -0.2) is 31.2 Å². The van der Waals surface area contributed by atoms with Gasteiger partial charge >= 0.3 is 0 Å². The molecule has 1 aromatic rings. The van der Waals surface area contributed by atoms with E-state index in [4.69, 9.17) is 11.6 Å². The van der Waals surface area contributed by atoms with Gasteiger partial charge in [-0.3, -0.25) is 0 Å². The highest BCUT2D eigenvalue weighted by Gasteiger charge is 2.33. The van der Waals surface area contributed by atoms with Gasteiger partial charge in [0.2, 0.25) is 10.0 Å². The Kier molecular flexibility index (Phi) is 5.29. The Balaban J connectivity index is 2.36. The molecule has 0 spiro atoms. The molecule has 0 unspecified atom stereocenters. The quantitative estimate of drug-likeness (QED) is 0.746. The molecule has 0 heterocycles. The third-order valence-electron chi connectivity index (χ3n) is 3.46.